The second-order valence-electron chi connectivity index (χ2n) is 10.6. The molecule has 1 aliphatic rings. The van der Waals surface area contributed by atoms with Gasteiger partial charge in [0.05, 0.1) is 18.1 Å². The number of carbonyl (C=O) groups excluding carboxylic acids is 2. The molecule has 0 saturated carbocycles. The summed E-state index contributed by atoms with van der Waals surface area (Å²) in [6.07, 6.45) is 0. The van der Waals surface area contributed by atoms with E-state index >= 15 is 0 Å². The lowest BCUT2D eigenvalue weighted by Crippen LogP contribution is -2.45. The maximum atomic E-state index is 13.9. The highest BCUT2D eigenvalue weighted by atomic mass is 35.5. The summed E-state index contributed by atoms with van der Waals surface area (Å²) in [5, 5.41) is 3.49. The highest BCUT2D eigenvalue weighted by molar-refractivity contribution is 7.89. The number of benzene rings is 4. The Morgan fingerprint density at radius 3 is 2.17 bits per heavy atom. The molecule has 0 unspecified atom stereocenters. The van der Waals surface area contributed by atoms with Crippen molar-refractivity contribution in [3.63, 3.8) is 0 Å². The van der Waals surface area contributed by atoms with Crippen molar-refractivity contribution in [2.24, 2.45) is 0 Å². The second-order valence-corrected chi connectivity index (χ2v) is 13.0. The molecule has 0 spiro atoms. The molecule has 0 bridgehead atoms. The van der Waals surface area contributed by atoms with E-state index in [1.54, 1.807) is 60.7 Å². The van der Waals surface area contributed by atoms with Crippen LogP contribution in [0.4, 0.5) is 4.39 Å². The van der Waals surface area contributed by atoms with Crippen LogP contribution in [-0.4, -0.2) is 62.3 Å². The van der Waals surface area contributed by atoms with E-state index in [0.29, 0.717) is 29.4 Å². The molecular weight excluding hydrogens is 633 g/mol. The Bertz CT molecular complexity index is 1720. The lowest BCUT2D eigenvalue weighted by Gasteiger charge is -2.31. The fraction of sp³-hybridized carbons (Fsp3) is 0.235. The van der Waals surface area contributed by atoms with Gasteiger partial charge in [0.15, 0.2) is 6.61 Å². The quantitative estimate of drug-likeness (QED) is 0.229. The molecule has 1 atom stereocenters. The average molecular weight is 666 g/mol. The minimum absolute atomic E-state index is 0.00682. The van der Waals surface area contributed by atoms with Crippen LogP contribution in [0.1, 0.15) is 22.7 Å². The van der Waals surface area contributed by atoms with Crippen LogP contribution < -0.4 is 10.1 Å². The second kappa shape index (κ2) is 15.3. The predicted octanol–water partition coefficient (Wildman–Crippen LogP) is 4.97. The monoisotopic (exact) mass is 665 g/mol. The van der Waals surface area contributed by atoms with Crippen LogP contribution in [0.3, 0.4) is 0 Å². The van der Waals surface area contributed by atoms with Gasteiger partial charge < -0.3 is 19.7 Å². The van der Waals surface area contributed by atoms with Crippen LogP contribution in [0, 0.1) is 5.82 Å². The fourth-order valence-corrected chi connectivity index (χ4v) is 6.51. The number of halogens is 2. The number of morpholine rings is 1. The molecule has 4 aromatic rings. The van der Waals surface area contributed by atoms with Crippen molar-refractivity contribution in [3.8, 4) is 5.75 Å². The standard InChI is InChI=1S/C34H33ClFN3O6S/c35-28-10-6-25(7-11-28)22-37-34(41)33(27-4-2-1-3-5-27)39(23-26-8-12-29(36)13-9-26)32(40)24-45-30-14-16-31(17-15-30)46(42,43)38-18-20-44-21-19-38/h1-17,33H,18-24H2,(H,37,41)/t33-/m0/s1. The van der Waals surface area contributed by atoms with Gasteiger partial charge in [-0.3, -0.25) is 9.59 Å². The highest BCUT2D eigenvalue weighted by Gasteiger charge is 2.32. The van der Waals surface area contributed by atoms with E-state index in [1.165, 1.54) is 45.6 Å². The van der Waals surface area contributed by atoms with Gasteiger partial charge in [-0.2, -0.15) is 4.31 Å². The Hall–Kier alpha value is -4.29. The zero-order valence-corrected chi connectivity index (χ0v) is 26.4. The molecule has 1 heterocycles. The number of amides is 2. The topological polar surface area (TPSA) is 105 Å². The zero-order valence-electron chi connectivity index (χ0n) is 24.9. The summed E-state index contributed by atoms with van der Waals surface area (Å²) in [6, 6.07) is 26.4. The van der Waals surface area contributed by atoms with Crippen molar-refractivity contribution in [1.29, 1.82) is 0 Å². The molecule has 0 radical (unpaired) electrons. The Balaban J connectivity index is 1.36. The fourth-order valence-electron chi connectivity index (χ4n) is 4.98. The Morgan fingerprint density at radius 1 is 0.891 bits per heavy atom. The van der Waals surface area contributed by atoms with Crippen LogP contribution in [-0.2, 0) is 37.4 Å². The molecule has 1 aliphatic heterocycles. The number of ether oxygens (including phenoxy) is 2. The van der Waals surface area contributed by atoms with Gasteiger partial charge in [0.1, 0.15) is 17.6 Å². The van der Waals surface area contributed by atoms with Gasteiger partial charge in [-0.05, 0) is 65.2 Å². The lowest BCUT2D eigenvalue weighted by atomic mass is 10.0. The van der Waals surface area contributed by atoms with Gasteiger partial charge in [-0.25, -0.2) is 12.8 Å². The van der Waals surface area contributed by atoms with Gasteiger partial charge in [0.25, 0.3) is 5.91 Å². The van der Waals surface area contributed by atoms with E-state index in [0.717, 1.165) is 5.56 Å². The first-order chi connectivity index (χ1) is 22.2. The smallest absolute Gasteiger partial charge is 0.261 e. The Kier molecular flexibility index (Phi) is 11.0. The molecule has 5 rings (SSSR count). The molecule has 240 valence electrons. The average Bonchev–Trinajstić information content (AvgIpc) is 3.08. The van der Waals surface area contributed by atoms with Crippen molar-refractivity contribution in [3.05, 3.63) is 131 Å². The summed E-state index contributed by atoms with van der Waals surface area (Å²) >= 11 is 6.00. The summed E-state index contributed by atoms with van der Waals surface area (Å²) in [5.41, 5.74) is 2.01. The molecule has 1 fully saturated rings. The Morgan fingerprint density at radius 2 is 1.52 bits per heavy atom. The van der Waals surface area contributed by atoms with Crippen LogP contribution in [0.2, 0.25) is 5.02 Å². The third kappa shape index (κ3) is 8.49. The number of nitrogens with one attached hydrogen (secondary N) is 1. The van der Waals surface area contributed by atoms with E-state index in [9.17, 15) is 22.4 Å². The van der Waals surface area contributed by atoms with Crippen molar-refractivity contribution < 1.29 is 31.9 Å². The SMILES string of the molecule is O=C(NCc1ccc(Cl)cc1)[C@H](c1ccccc1)N(Cc1ccc(F)cc1)C(=O)COc1ccc(S(=O)(=O)N2CCOCC2)cc1. The number of rotatable bonds is 12. The number of hydrogen-bond acceptors (Lipinski definition) is 6. The van der Waals surface area contributed by atoms with Gasteiger partial charge in [-0.15, -0.1) is 0 Å². The number of sulfonamides is 1. The molecule has 2 amide bonds. The predicted molar refractivity (Wildman–Crippen MR) is 171 cm³/mol. The Labute approximate surface area is 272 Å². The molecule has 12 heteroatoms. The third-order valence-corrected chi connectivity index (χ3v) is 9.60. The van der Waals surface area contributed by atoms with E-state index in [2.05, 4.69) is 5.32 Å². The first kappa shape index (κ1) is 33.1. The van der Waals surface area contributed by atoms with Gasteiger partial charge in [0, 0.05) is 31.2 Å². The molecule has 4 aromatic carbocycles. The number of hydrogen-bond donors (Lipinski definition) is 1. The number of carbonyl (C=O) groups is 2. The lowest BCUT2D eigenvalue weighted by molar-refractivity contribution is -0.143. The molecule has 0 aromatic heterocycles. The molecule has 1 N–H and O–H groups in total. The van der Waals surface area contributed by atoms with Crippen molar-refractivity contribution in [2.75, 3.05) is 32.9 Å². The minimum atomic E-state index is -3.70. The van der Waals surface area contributed by atoms with Crippen LogP contribution in [0.25, 0.3) is 0 Å². The molecule has 1 saturated heterocycles. The largest absolute Gasteiger partial charge is 0.484 e. The highest BCUT2D eigenvalue weighted by Crippen LogP contribution is 2.26. The van der Waals surface area contributed by atoms with Crippen molar-refractivity contribution >= 4 is 33.4 Å². The van der Waals surface area contributed by atoms with E-state index in [4.69, 9.17) is 21.1 Å². The van der Waals surface area contributed by atoms with Crippen molar-refractivity contribution in [2.45, 2.75) is 24.0 Å². The maximum absolute atomic E-state index is 13.9. The first-order valence-corrected chi connectivity index (χ1v) is 16.4. The summed E-state index contributed by atoms with van der Waals surface area (Å²) in [4.78, 5) is 29.2. The van der Waals surface area contributed by atoms with E-state index < -0.39 is 40.3 Å². The van der Waals surface area contributed by atoms with Crippen LogP contribution in [0.15, 0.2) is 108 Å². The summed E-state index contributed by atoms with van der Waals surface area (Å²) in [6.45, 7) is 0.968. The molecule has 0 aliphatic carbocycles. The maximum Gasteiger partial charge on any atom is 0.261 e. The molecule has 46 heavy (non-hydrogen) atoms. The van der Waals surface area contributed by atoms with Gasteiger partial charge in [-0.1, -0.05) is 66.2 Å². The first-order valence-electron chi connectivity index (χ1n) is 14.6. The number of nitrogens with zero attached hydrogens (tertiary/aromatic N) is 2. The minimum Gasteiger partial charge on any atom is -0.484 e. The summed E-state index contributed by atoms with van der Waals surface area (Å²) < 4.78 is 52.1. The van der Waals surface area contributed by atoms with Crippen LogP contribution >= 0.6 is 11.6 Å². The third-order valence-electron chi connectivity index (χ3n) is 7.44. The zero-order chi connectivity index (χ0) is 32.5. The normalized spacial score (nSPS) is 14.3. The van der Waals surface area contributed by atoms with Crippen molar-refractivity contribution in [1.82, 2.24) is 14.5 Å². The van der Waals surface area contributed by atoms with E-state index in [-0.39, 0.29) is 36.8 Å². The summed E-state index contributed by atoms with van der Waals surface area (Å²) in [7, 11) is -3.70. The van der Waals surface area contributed by atoms with Crippen LogP contribution in [0.5, 0.6) is 5.75 Å². The van der Waals surface area contributed by atoms with Gasteiger partial charge in [0.2, 0.25) is 15.9 Å². The van der Waals surface area contributed by atoms with E-state index in [1.807, 2.05) is 6.07 Å². The van der Waals surface area contributed by atoms with Gasteiger partial charge >= 0.3 is 0 Å². The molecular formula is C34H33ClFN3O6S. The summed E-state index contributed by atoms with van der Waals surface area (Å²) in [5.74, 6) is -1.08. The molecule has 9 nitrogen and oxygen atoms in total.